The molecule has 0 spiro atoms. The van der Waals surface area contributed by atoms with Crippen LogP contribution in [-0.2, 0) is 38.2 Å². The molecular formula is C41H56N4O9. The van der Waals surface area contributed by atoms with Crippen LogP contribution in [0.5, 0.6) is 0 Å². The molecule has 3 aromatic rings. The van der Waals surface area contributed by atoms with Crippen molar-refractivity contribution in [1.82, 2.24) is 0 Å². The summed E-state index contributed by atoms with van der Waals surface area (Å²) in [6.45, 7) is 13.0. The summed E-state index contributed by atoms with van der Waals surface area (Å²) in [5.41, 5.74) is 4.70. The summed E-state index contributed by atoms with van der Waals surface area (Å²) < 4.78 is 26.5. The third kappa shape index (κ3) is 15.5. The van der Waals surface area contributed by atoms with Gasteiger partial charge >= 0.3 is 5.97 Å². The van der Waals surface area contributed by atoms with Gasteiger partial charge in [0, 0.05) is 71.9 Å². The highest BCUT2D eigenvalue weighted by Crippen LogP contribution is 2.37. The molecule has 0 unspecified atom stereocenters. The molecular weight excluding hydrogens is 692 g/mol. The SMILES string of the molecule is [C-]#[N+]/C(=C\c1ccc(N(c2ccc(N(CCCOC)OCCCCOC)cc2)c2ccc(N(CCOCCOC)OCCCCOC)cc2)cc1)C(=O)O. The zero-order valence-electron chi connectivity index (χ0n) is 32.1. The van der Waals surface area contributed by atoms with Crippen LogP contribution >= 0.6 is 0 Å². The molecule has 0 radical (unpaired) electrons. The number of rotatable bonds is 29. The highest BCUT2D eigenvalue weighted by molar-refractivity contribution is 5.94. The van der Waals surface area contributed by atoms with E-state index in [0.717, 1.165) is 60.5 Å². The van der Waals surface area contributed by atoms with E-state index in [1.54, 1.807) is 40.6 Å². The van der Waals surface area contributed by atoms with Gasteiger partial charge in [-0.2, -0.15) is 0 Å². The Labute approximate surface area is 320 Å². The highest BCUT2D eigenvalue weighted by Gasteiger charge is 2.16. The first-order chi connectivity index (χ1) is 26.4. The maximum atomic E-state index is 11.5. The molecule has 3 rings (SSSR count). The number of unbranched alkanes of at least 4 members (excludes halogenated alkanes) is 2. The monoisotopic (exact) mass is 748 g/mol. The number of carboxylic acid groups (broad SMARTS) is 1. The molecule has 0 heterocycles. The third-order valence-corrected chi connectivity index (χ3v) is 8.15. The summed E-state index contributed by atoms with van der Waals surface area (Å²) in [6, 6.07) is 23.7. The second-order valence-corrected chi connectivity index (χ2v) is 12.1. The number of hydrogen-bond donors (Lipinski definition) is 1. The zero-order chi connectivity index (χ0) is 38.8. The van der Waals surface area contributed by atoms with E-state index in [4.69, 9.17) is 39.9 Å². The Balaban J connectivity index is 1.94. The fraction of sp³-hybridized carbons (Fsp3) is 0.463. The van der Waals surface area contributed by atoms with Crippen LogP contribution in [0.4, 0.5) is 28.4 Å². The van der Waals surface area contributed by atoms with Crippen LogP contribution in [0.25, 0.3) is 10.9 Å². The molecule has 0 atom stereocenters. The van der Waals surface area contributed by atoms with Gasteiger partial charge in [-0.15, -0.1) is 0 Å². The van der Waals surface area contributed by atoms with Crippen molar-refractivity contribution in [1.29, 1.82) is 0 Å². The van der Waals surface area contributed by atoms with Crippen LogP contribution in [0.1, 0.15) is 37.7 Å². The van der Waals surface area contributed by atoms with Gasteiger partial charge in [-0.05, 0) is 104 Å². The summed E-state index contributed by atoms with van der Waals surface area (Å²) in [5.74, 6) is -1.26. The number of carbonyl (C=O) groups is 1. The van der Waals surface area contributed by atoms with Gasteiger partial charge in [-0.1, -0.05) is 12.1 Å². The molecule has 294 valence electrons. The molecule has 54 heavy (non-hydrogen) atoms. The minimum atomic E-state index is -1.26. The van der Waals surface area contributed by atoms with E-state index in [-0.39, 0.29) is 5.70 Å². The number of aliphatic carboxylic acids is 1. The number of hydrogen-bond acceptors (Lipinski definition) is 11. The number of nitrogens with zero attached hydrogens (tertiary/aromatic N) is 4. The Morgan fingerprint density at radius 1 is 0.574 bits per heavy atom. The van der Waals surface area contributed by atoms with Gasteiger partial charge in [-0.25, -0.2) is 4.85 Å². The summed E-state index contributed by atoms with van der Waals surface area (Å²) in [6.07, 6.45) is 5.72. The Bertz CT molecular complexity index is 1520. The van der Waals surface area contributed by atoms with Crippen molar-refractivity contribution in [2.45, 2.75) is 32.1 Å². The lowest BCUT2D eigenvalue weighted by Gasteiger charge is -2.29. The second kappa shape index (κ2) is 26.3. The number of anilines is 5. The van der Waals surface area contributed by atoms with Crippen molar-refractivity contribution in [3.05, 3.63) is 95.5 Å². The molecule has 0 aliphatic carbocycles. The molecule has 0 aliphatic heterocycles. The molecule has 0 saturated carbocycles. The first kappa shape index (κ1) is 43.9. The molecule has 13 heteroatoms. The molecule has 13 nitrogen and oxygen atoms in total. The van der Waals surface area contributed by atoms with Gasteiger partial charge < -0.3 is 33.7 Å². The summed E-state index contributed by atoms with van der Waals surface area (Å²) in [7, 11) is 6.74. The van der Waals surface area contributed by atoms with Crippen LogP contribution < -0.4 is 15.0 Å². The Morgan fingerprint density at radius 3 is 1.46 bits per heavy atom. The fourth-order valence-corrected chi connectivity index (χ4v) is 5.33. The lowest BCUT2D eigenvalue weighted by molar-refractivity contribution is -0.132. The lowest BCUT2D eigenvalue weighted by Crippen LogP contribution is -2.28. The minimum Gasteiger partial charge on any atom is -0.486 e. The first-order valence-electron chi connectivity index (χ1n) is 18.2. The highest BCUT2D eigenvalue weighted by atomic mass is 16.7. The lowest BCUT2D eigenvalue weighted by atomic mass is 10.1. The van der Waals surface area contributed by atoms with Crippen LogP contribution in [-0.4, -0.2) is 105 Å². The van der Waals surface area contributed by atoms with Crippen molar-refractivity contribution in [2.75, 3.05) is 109 Å². The second-order valence-electron chi connectivity index (χ2n) is 12.1. The molecule has 0 bridgehead atoms. The van der Waals surface area contributed by atoms with E-state index in [9.17, 15) is 9.90 Å². The predicted octanol–water partition coefficient (Wildman–Crippen LogP) is 7.53. The summed E-state index contributed by atoms with van der Waals surface area (Å²) >= 11 is 0. The molecule has 1 N–H and O–H groups in total. The van der Waals surface area contributed by atoms with Gasteiger partial charge in [0.2, 0.25) is 0 Å². The van der Waals surface area contributed by atoms with E-state index in [1.165, 1.54) is 6.08 Å². The van der Waals surface area contributed by atoms with Crippen molar-refractivity contribution < 1.29 is 43.3 Å². The van der Waals surface area contributed by atoms with Crippen LogP contribution in [0.2, 0.25) is 0 Å². The van der Waals surface area contributed by atoms with E-state index < -0.39 is 5.97 Å². The standard InChI is InChI=1S/C41H56N4O9/c1-42-40(41(46)47)33-34-11-13-37(14-12-34)45(38-19-15-35(16-20-38)43(23-10-27-50-4)53-28-8-6-25-48-2)39-21-17-36(18-22-39)44(24-30-52-32-31-51-5)54-29-9-7-26-49-3/h11-22,33H,6-10,23-32H2,2-5H3,(H,46,47)/b40-33-. The largest absolute Gasteiger partial charge is 0.486 e. The third-order valence-electron chi connectivity index (χ3n) is 8.15. The maximum absolute atomic E-state index is 11.5. The molecule has 0 aliphatic rings. The van der Waals surface area contributed by atoms with Crippen LogP contribution in [0.3, 0.4) is 0 Å². The maximum Gasteiger partial charge on any atom is 0.333 e. The molecule has 0 aromatic heterocycles. The fourth-order valence-electron chi connectivity index (χ4n) is 5.33. The van der Waals surface area contributed by atoms with Gasteiger partial charge in [0.25, 0.3) is 5.70 Å². The molecule has 0 saturated heterocycles. The minimum absolute atomic E-state index is 0.351. The number of methoxy groups -OCH3 is 4. The Morgan fingerprint density at radius 2 is 1.00 bits per heavy atom. The number of benzene rings is 3. The van der Waals surface area contributed by atoms with E-state index in [1.807, 2.05) is 70.8 Å². The van der Waals surface area contributed by atoms with E-state index in [2.05, 4.69) is 9.74 Å². The van der Waals surface area contributed by atoms with Gasteiger partial charge in [-0.3, -0.25) is 24.6 Å². The summed E-state index contributed by atoms with van der Waals surface area (Å²) in [4.78, 5) is 29.1. The smallest absolute Gasteiger partial charge is 0.333 e. The topological polar surface area (TPSA) is 116 Å². The zero-order valence-corrected chi connectivity index (χ0v) is 32.1. The Kier molecular flexibility index (Phi) is 21.4. The van der Waals surface area contributed by atoms with Gasteiger partial charge in [0.05, 0.1) is 57.5 Å². The first-order valence-corrected chi connectivity index (χ1v) is 18.2. The van der Waals surface area contributed by atoms with Gasteiger partial charge in [0.1, 0.15) is 0 Å². The number of ether oxygens (including phenoxy) is 5. The van der Waals surface area contributed by atoms with Crippen molar-refractivity contribution in [3.63, 3.8) is 0 Å². The Hall–Kier alpha value is -4.52. The van der Waals surface area contributed by atoms with Crippen molar-refractivity contribution in [3.8, 4) is 0 Å². The van der Waals surface area contributed by atoms with Crippen LogP contribution in [0, 0.1) is 6.57 Å². The quantitative estimate of drug-likeness (QED) is 0.0328. The average Bonchev–Trinajstić information content (AvgIpc) is 3.19. The predicted molar refractivity (Wildman–Crippen MR) is 211 cm³/mol. The summed E-state index contributed by atoms with van der Waals surface area (Å²) in [5, 5.41) is 13.1. The van der Waals surface area contributed by atoms with E-state index in [0.29, 0.717) is 71.5 Å². The number of hydroxylamine groups is 2. The van der Waals surface area contributed by atoms with Crippen LogP contribution in [0.15, 0.2) is 78.5 Å². The average molecular weight is 749 g/mol. The number of carboxylic acids is 1. The van der Waals surface area contributed by atoms with Gasteiger partial charge in [0.15, 0.2) is 0 Å². The van der Waals surface area contributed by atoms with Crippen molar-refractivity contribution in [2.24, 2.45) is 0 Å². The molecule has 0 amide bonds. The molecule has 0 fully saturated rings. The van der Waals surface area contributed by atoms with Crippen molar-refractivity contribution >= 4 is 40.5 Å². The molecule has 3 aromatic carbocycles. The van der Waals surface area contributed by atoms with E-state index >= 15 is 0 Å². The normalized spacial score (nSPS) is 11.4.